The number of methoxy groups -OCH3 is 1. The predicted molar refractivity (Wildman–Crippen MR) is 96.8 cm³/mol. The van der Waals surface area contributed by atoms with Crippen LogP contribution < -0.4 is 10.6 Å². The van der Waals surface area contributed by atoms with E-state index in [1.807, 2.05) is 6.92 Å². The fourth-order valence-electron chi connectivity index (χ4n) is 3.13. The summed E-state index contributed by atoms with van der Waals surface area (Å²) in [6.07, 6.45) is 5.06. The van der Waals surface area contributed by atoms with Crippen molar-refractivity contribution >= 4 is 5.96 Å². The van der Waals surface area contributed by atoms with Crippen LogP contribution >= 0.6 is 0 Å². The first kappa shape index (κ1) is 19.6. The zero-order chi connectivity index (χ0) is 18.1. The number of hydrogen-bond acceptors (Lipinski definition) is 2. The lowest BCUT2D eigenvalue weighted by molar-refractivity contribution is 0.0778. The van der Waals surface area contributed by atoms with E-state index in [0.29, 0.717) is 18.5 Å². The highest BCUT2D eigenvalue weighted by atomic mass is 19.2. The van der Waals surface area contributed by atoms with E-state index in [1.54, 1.807) is 13.2 Å². The van der Waals surface area contributed by atoms with Gasteiger partial charge < -0.3 is 15.4 Å². The first-order valence-electron chi connectivity index (χ1n) is 9.04. The van der Waals surface area contributed by atoms with Gasteiger partial charge in [0.15, 0.2) is 17.6 Å². The molecule has 0 bridgehead atoms. The molecule has 6 heteroatoms. The van der Waals surface area contributed by atoms with E-state index in [9.17, 15) is 8.78 Å². The van der Waals surface area contributed by atoms with Gasteiger partial charge in [0.25, 0.3) is 0 Å². The predicted octanol–water partition coefficient (Wildman–Crippen LogP) is 3.27. The molecular formula is C19H29F2N3O. The van der Waals surface area contributed by atoms with Crippen LogP contribution in [0.4, 0.5) is 8.78 Å². The summed E-state index contributed by atoms with van der Waals surface area (Å²) in [7, 11) is 1.73. The van der Waals surface area contributed by atoms with E-state index in [2.05, 4.69) is 10.6 Å². The van der Waals surface area contributed by atoms with Gasteiger partial charge in [-0.1, -0.05) is 18.6 Å². The molecule has 0 saturated heterocycles. The number of aliphatic imine (C=N–C) groups is 1. The minimum atomic E-state index is -0.803. The second-order valence-electron chi connectivity index (χ2n) is 6.68. The molecule has 0 spiro atoms. The number of guanidine groups is 1. The molecule has 0 radical (unpaired) electrons. The molecule has 0 amide bonds. The van der Waals surface area contributed by atoms with Gasteiger partial charge in [0.1, 0.15) is 0 Å². The Hall–Kier alpha value is -1.69. The summed E-state index contributed by atoms with van der Waals surface area (Å²) in [5.41, 5.74) is 0.631. The lowest BCUT2D eigenvalue weighted by Gasteiger charge is -2.40. The Labute approximate surface area is 149 Å². The van der Waals surface area contributed by atoms with Gasteiger partial charge in [-0.25, -0.2) is 8.78 Å². The zero-order valence-corrected chi connectivity index (χ0v) is 15.2. The lowest BCUT2D eigenvalue weighted by Crippen LogP contribution is -2.41. The van der Waals surface area contributed by atoms with Gasteiger partial charge >= 0.3 is 0 Å². The van der Waals surface area contributed by atoms with Crippen molar-refractivity contribution in [3.8, 4) is 0 Å². The van der Waals surface area contributed by atoms with Crippen molar-refractivity contribution in [3.05, 3.63) is 35.4 Å². The minimum Gasteiger partial charge on any atom is -0.385 e. The van der Waals surface area contributed by atoms with Gasteiger partial charge in [0, 0.05) is 33.4 Å². The Kier molecular flexibility index (Phi) is 7.62. The first-order chi connectivity index (χ1) is 12.1. The van der Waals surface area contributed by atoms with Crippen LogP contribution in [0, 0.1) is 17.0 Å². The molecule has 1 aliphatic carbocycles. The molecule has 25 heavy (non-hydrogen) atoms. The summed E-state index contributed by atoms with van der Waals surface area (Å²) < 4.78 is 32.1. The van der Waals surface area contributed by atoms with Crippen LogP contribution in [0.1, 0.15) is 38.2 Å². The second-order valence-corrected chi connectivity index (χ2v) is 6.68. The van der Waals surface area contributed by atoms with Crippen LogP contribution in [0.2, 0.25) is 0 Å². The average Bonchev–Trinajstić information content (AvgIpc) is 2.57. The third-order valence-corrected chi connectivity index (χ3v) is 4.89. The molecule has 0 heterocycles. The number of rotatable bonds is 9. The number of halogens is 2. The van der Waals surface area contributed by atoms with Crippen molar-refractivity contribution in [3.63, 3.8) is 0 Å². The fraction of sp³-hybridized carbons (Fsp3) is 0.632. The average molecular weight is 353 g/mol. The van der Waals surface area contributed by atoms with Crippen molar-refractivity contribution in [1.29, 1.82) is 0 Å². The van der Waals surface area contributed by atoms with Crippen LogP contribution in [0.5, 0.6) is 0 Å². The van der Waals surface area contributed by atoms with Gasteiger partial charge in [-0.2, -0.15) is 0 Å². The normalized spacial score (nSPS) is 16.4. The standard InChI is InChI=1S/C19H29F2N3O/c1-3-22-18(24-14-19(9-5-10-19)11-13-25-2)23-12-8-15-6-4-7-16(20)17(15)21/h4,6-7H,3,5,8-14H2,1-2H3,(H2,22,23,24). The Balaban J connectivity index is 1.88. The van der Waals surface area contributed by atoms with Crippen LogP contribution in [0.25, 0.3) is 0 Å². The van der Waals surface area contributed by atoms with Crippen molar-refractivity contribution < 1.29 is 13.5 Å². The number of ether oxygens (including phenoxy) is 1. The van der Waals surface area contributed by atoms with Gasteiger partial charge in [-0.3, -0.25) is 4.99 Å². The molecular weight excluding hydrogens is 324 g/mol. The summed E-state index contributed by atoms with van der Waals surface area (Å²) >= 11 is 0. The molecule has 1 saturated carbocycles. The highest BCUT2D eigenvalue weighted by Gasteiger charge is 2.36. The molecule has 0 aromatic heterocycles. The van der Waals surface area contributed by atoms with Crippen LogP contribution in [0.3, 0.4) is 0 Å². The summed E-state index contributed by atoms with van der Waals surface area (Å²) in [4.78, 5) is 4.70. The molecule has 0 unspecified atom stereocenters. The second kappa shape index (κ2) is 9.70. The molecule has 0 atom stereocenters. The largest absolute Gasteiger partial charge is 0.385 e. The Morgan fingerprint density at radius 3 is 2.72 bits per heavy atom. The van der Waals surface area contributed by atoms with E-state index in [0.717, 1.165) is 38.1 Å². The topological polar surface area (TPSA) is 45.7 Å². The van der Waals surface area contributed by atoms with E-state index >= 15 is 0 Å². The van der Waals surface area contributed by atoms with Crippen molar-refractivity contribution in [1.82, 2.24) is 10.6 Å². The van der Waals surface area contributed by atoms with Gasteiger partial charge in [-0.15, -0.1) is 0 Å². The summed E-state index contributed by atoms with van der Waals surface area (Å²) in [6.45, 7) is 4.79. The lowest BCUT2D eigenvalue weighted by atomic mass is 9.67. The smallest absolute Gasteiger partial charge is 0.191 e. The molecule has 1 fully saturated rings. The molecule has 2 rings (SSSR count). The maximum atomic E-state index is 13.7. The summed E-state index contributed by atoms with van der Waals surface area (Å²) in [5.74, 6) is -0.842. The quantitative estimate of drug-likeness (QED) is 0.529. The fourth-order valence-corrected chi connectivity index (χ4v) is 3.13. The zero-order valence-electron chi connectivity index (χ0n) is 15.2. The maximum Gasteiger partial charge on any atom is 0.191 e. The van der Waals surface area contributed by atoms with Crippen molar-refractivity contribution in [2.75, 3.05) is 33.4 Å². The highest BCUT2D eigenvalue weighted by molar-refractivity contribution is 5.79. The number of hydrogen-bond donors (Lipinski definition) is 2. The van der Waals surface area contributed by atoms with E-state index in [4.69, 9.17) is 9.73 Å². The minimum absolute atomic E-state index is 0.257. The third kappa shape index (κ3) is 5.66. The van der Waals surface area contributed by atoms with Gasteiger partial charge in [0.05, 0.1) is 0 Å². The molecule has 4 nitrogen and oxygen atoms in total. The first-order valence-corrected chi connectivity index (χ1v) is 9.04. The molecule has 1 aliphatic rings. The third-order valence-electron chi connectivity index (χ3n) is 4.89. The SMILES string of the molecule is CCNC(=NCC1(CCOC)CCC1)NCCc1cccc(F)c1F. The van der Waals surface area contributed by atoms with E-state index in [-0.39, 0.29) is 5.41 Å². The van der Waals surface area contributed by atoms with Gasteiger partial charge in [-0.05, 0) is 49.7 Å². The molecule has 1 aromatic rings. The van der Waals surface area contributed by atoms with Gasteiger partial charge in [0.2, 0.25) is 0 Å². The Morgan fingerprint density at radius 1 is 1.28 bits per heavy atom. The molecule has 2 N–H and O–H groups in total. The molecule has 1 aromatic carbocycles. The summed E-state index contributed by atoms with van der Waals surface area (Å²) in [5, 5.41) is 6.42. The number of nitrogens with one attached hydrogen (secondary N) is 2. The van der Waals surface area contributed by atoms with Crippen LogP contribution in [-0.2, 0) is 11.2 Å². The van der Waals surface area contributed by atoms with Crippen LogP contribution in [0.15, 0.2) is 23.2 Å². The maximum absolute atomic E-state index is 13.7. The van der Waals surface area contributed by atoms with Crippen LogP contribution in [-0.4, -0.2) is 39.3 Å². The molecule has 0 aliphatic heterocycles. The Bertz CT molecular complexity index is 574. The molecule has 140 valence electrons. The highest BCUT2D eigenvalue weighted by Crippen LogP contribution is 2.44. The van der Waals surface area contributed by atoms with Crippen molar-refractivity contribution in [2.24, 2.45) is 10.4 Å². The number of nitrogens with zero attached hydrogens (tertiary/aromatic N) is 1. The van der Waals surface area contributed by atoms with E-state index in [1.165, 1.54) is 25.3 Å². The summed E-state index contributed by atoms with van der Waals surface area (Å²) in [6, 6.07) is 4.28. The Morgan fingerprint density at radius 2 is 2.08 bits per heavy atom. The monoisotopic (exact) mass is 353 g/mol. The number of benzene rings is 1. The van der Waals surface area contributed by atoms with Crippen molar-refractivity contribution in [2.45, 2.75) is 39.0 Å². The van der Waals surface area contributed by atoms with E-state index < -0.39 is 11.6 Å².